The summed E-state index contributed by atoms with van der Waals surface area (Å²) in [6.07, 6.45) is 0. The Morgan fingerprint density at radius 2 is 1.48 bits per heavy atom. The Morgan fingerprint density at radius 1 is 0.862 bits per heavy atom. The molecule has 3 aromatic rings. The molecule has 152 valence electrons. The highest BCUT2D eigenvalue weighted by Crippen LogP contribution is 2.28. The second kappa shape index (κ2) is 8.63. The van der Waals surface area contributed by atoms with Gasteiger partial charge < -0.3 is 10.0 Å². The monoisotopic (exact) mass is 414 g/mol. The summed E-state index contributed by atoms with van der Waals surface area (Å²) in [6.45, 7) is -0.378. The molecule has 0 fully saturated rings. The van der Waals surface area contributed by atoms with Crippen molar-refractivity contribution in [2.24, 2.45) is 0 Å². The number of sulfonamides is 1. The van der Waals surface area contributed by atoms with E-state index in [0.29, 0.717) is 16.8 Å². The molecule has 0 aliphatic carbocycles. The molecular formula is C22H23FN2O3S. The summed E-state index contributed by atoms with van der Waals surface area (Å²) in [5.41, 5.74) is 2.79. The second-order valence-electron chi connectivity index (χ2n) is 6.75. The van der Waals surface area contributed by atoms with Crippen molar-refractivity contribution in [2.75, 3.05) is 36.5 Å². The van der Waals surface area contributed by atoms with Crippen molar-refractivity contribution in [3.63, 3.8) is 0 Å². The fourth-order valence-electron chi connectivity index (χ4n) is 3.00. The molecule has 0 saturated carbocycles. The average molecular weight is 415 g/mol. The van der Waals surface area contributed by atoms with Crippen LogP contribution in [0.15, 0.2) is 77.7 Å². The third-order valence-electron chi connectivity index (χ3n) is 4.56. The van der Waals surface area contributed by atoms with Crippen LogP contribution in [-0.4, -0.2) is 40.8 Å². The van der Waals surface area contributed by atoms with Crippen LogP contribution in [0.3, 0.4) is 0 Å². The van der Waals surface area contributed by atoms with Gasteiger partial charge in [-0.2, -0.15) is 0 Å². The highest BCUT2D eigenvalue weighted by molar-refractivity contribution is 7.92. The Balaban J connectivity index is 2.00. The van der Waals surface area contributed by atoms with Gasteiger partial charge in [-0.1, -0.05) is 24.3 Å². The number of rotatable bonds is 7. The zero-order valence-electron chi connectivity index (χ0n) is 16.3. The van der Waals surface area contributed by atoms with Gasteiger partial charge in [-0.05, 0) is 59.7 Å². The van der Waals surface area contributed by atoms with Gasteiger partial charge in [0.05, 0.1) is 23.7 Å². The summed E-state index contributed by atoms with van der Waals surface area (Å²) in [7, 11) is -0.100. The molecule has 0 atom stereocenters. The zero-order valence-corrected chi connectivity index (χ0v) is 17.1. The van der Waals surface area contributed by atoms with Gasteiger partial charge in [0, 0.05) is 19.8 Å². The SMILES string of the molecule is CN(C)c1ccc(N(CCO)S(=O)(=O)c2cccc(-c3ccc(F)cc3)c2)cc1. The van der Waals surface area contributed by atoms with Crippen molar-refractivity contribution in [1.82, 2.24) is 0 Å². The molecule has 0 amide bonds. The Kier molecular flexibility index (Phi) is 6.20. The van der Waals surface area contributed by atoms with Crippen LogP contribution in [0.5, 0.6) is 0 Å². The first-order valence-electron chi connectivity index (χ1n) is 9.10. The average Bonchev–Trinajstić information content (AvgIpc) is 2.72. The summed E-state index contributed by atoms with van der Waals surface area (Å²) < 4.78 is 41.0. The Hall–Kier alpha value is -2.90. The topological polar surface area (TPSA) is 60.9 Å². The van der Waals surface area contributed by atoms with E-state index in [9.17, 15) is 17.9 Å². The minimum Gasteiger partial charge on any atom is -0.394 e. The molecular weight excluding hydrogens is 391 g/mol. The van der Waals surface area contributed by atoms with Crippen LogP contribution in [0.2, 0.25) is 0 Å². The Labute approximate surface area is 170 Å². The van der Waals surface area contributed by atoms with E-state index in [0.717, 1.165) is 5.69 Å². The zero-order chi connectivity index (χ0) is 21.0. The molecule has 3 rings (SSSR count). The van der Waals surface area contributed by atoms with E-state index in [1.54, 1.807) is 42.5 Å². The van der Waals surface area contributed by atoms with E-state index >= 15 is 0 Å². The molecule has 5 nitrogen and oxygen atoms in total. The van der Waals surface area contributed by atoms with Crippen LogP contribution in [0, 0.1) is 5.82 Å². The van der Waals surface area contributed by atoms with Gasteiger partial charge in [-0.15, -0.1) is 0 Å². The standard InChI is InChI=1S/C22H23FN2O3S/c1-24(2)20-10-12-21(13-11-20)25(14-15-26)29(27,28)22-5-3-4-18(16-22)17-6-8-19(23)9-7-17/h3-13,16,26H,14-15H2,1-2H3. The lowest BCUT2D eigenvalue weighted by Gasteiger charge is -2.24. The number of nitrogens with zero attached hydrogens (tertiary/aromatic N) is 2. The van der Waals surface area contributed by atoms with E-state index in [2.05, 4.69) is 0 Å². The summed E-state index contributed by atoms with van der Waals surface area (Å²) in [4.78, 5) is 2.02. The Morgan fingerprint density at radius 3 is 2.07 bits per heavy atom. The van der Waals surface area contributed by atoms with E-state index < -0.39 is 10.0 Å². The number of hydrogen-bond donors (Lipinski definition) is 1. The molecule has 7 heteroatoms. The highest BCUT2D eigenvalue weighted by atomic mass is 32.2. The third-order valence-corrected chi connectivity index (χ3v) is 6.38. The lowest BCUT2D eigenvalue weighted by Crippen LogP contribution is -2.33. The molecule has 0 saturated heterocycles. The minimum atomic E-state index is -3.90. The molecule has 0 aromatic heterocycles. The molecule has 0 aliphatic heterocycles. The number of aliphatic hydroxyl groups excluding tert-OH is 1. The lowest BCUT2D eigenvalue weighted by molar-refractivity contribution is 0.306. The molecule has 3 aromatic carbocycles. The van der Waals surface area contributed by atoms with Crippen LogP contribution in [-0.2, 0) is 10.0 Å². The first-order chi connectivity index (χ1) is 13.8. The number of aliphatic hydroxyl groups is 1. The van der Waals surface area contributed by atoms with Crippen molar-refractivity contribution in [3.05, 3.63) is 78.6 Å². The van der Waals surface area contributed by atoms with Crippen LogP contribution < -0.4 is 9.21 Å². The molecule has 0 aliphatic rings. The van der Waals surface area contributed by atoms with Crippen LogP contribution in [0.4, 0.5) is 15.8 Å². The molecule has 0 spiro atoms. The molecule has 0 heterocycles. The molecule has 29 heavy (non-hydrogen) atoms. The van der Waals surface area contributed by atoms with E-state index in [-0.39, 0.29) is 23.9 Å². The third kappa shape index (κ3) is 4.58. The van der Waals surface area contributed by atoms with Crippen LogP contribution >= 0.6 is 0 Å². The highest BCUT2D eigenvalue weighted by Gasteiger charge is 2.25. The summed E-state index contributed by atoms with van der Waals surface area (Å²) >= 11 is 0. The first kappa shape index (κ1) is 20.8. The number of anilines is 2. The first-order valence-corrected chi connectivity index (χ1v) is 10.5. The van der Waals surface area contributed by atoms with Gasteiger partial charge in [-0.25, -0.2) is 12.8 Å². The normalized spacial score (nSPS) is 11.3. The van der Waals surface area contributed by atoms with E-state index in [1.807, 2.05) is 31.1 Å². The van der Waals surface area contributed by atoms with E-state index in [4.69, 9.17) is 0 Å². The predicted octanol–water partition coefficient (Wildman–Crippen LogP) is 3.75. The quantitative estimate of drug-likeness (QED) is 0.640. The second-order valence-corrected chi connectivity index (χ2v) is 8.61. The van der Waals surface area contributed by atoms with E-state index in [1.165, 1.54) is 22.5 Å². The minimum absolute atomic E-state index is 0.0651. The predicted molar refractivity (Wildman–Crippen MR) is 114 cm³/mol. The van der Waals surface area contributed by atoms with Crippen molar-refractivity contribution in [3.8, 4) is 11.1 Å². The lowest BCUT2D eigenvalue weighted by atomic mass is 10.1. The van der Waals surface area contributed by atoms with Crippen molar-refractivity contribution in [2.45, 2.75) is 4.90 Å². The smallest absolute Gasteiger partial charge is 0.264 e. The van der Waals surface area contributed by atoms with Crippen molar-refractivity contribution in [1.29, 1.82) is 0 Å². The van der Waals surface area contributed by atoms with Crippen LogP contribution in [0.1, 0.15) is 0 Å². The Bertz CT molecular complexity index is 1070. The summed E-state index contributed by atoms with van der Waals surface area (Å²) in [5, 5.41) is 9.46. The number of benzene rings is 3. The fraction of sp³-hybridized carbons (Fsp3) is 0.182. The maximum Gasteiger partial charge on any atom is 0.264 e. The molecule has 0 radical (unpaired) electrons. The van der Waals surface area contributed by atoms with Crippen molar-refractivity contribution >= 4 is 21.4 Å². The van der Waals surface area contributed by atoms with Gasteiger partial charge in [0.1, 0.15) is 5.82 Å². The number of hydrogen-bond acceptors (Lipinski definition) is 4. The van der Waals surface area contributed by atoms with Gasteiger partial charge in [0.15, 0.2) is 0 Å². The largest absolute Gasteiger partial charge is 0.394 e. The number of halogens is 1. The van der Waals surface area contributed by atoms with Gasteiger partial charge >= 0.3 is 0 Å². The van der Waals surface area contributed by atoms with Gasteiger partial charge in [0.2, 0.25) is 0 Å². The maximum absolute atomic E-state index is 13.3. The summed E-state index contributed by atoms with van der Waals surface area (Å²) in [6, 6.07) is 19.4. The molecule has 0 bridgehead atoms. The fourth-order valence-corrected chi connectivity index (χ4v) is 4.50. The van der Waals surface area contributed by atoms with Crippen LogP contribution in [0.25, 0.3) is 11.1 Å². The summed E-state index contributed by atoms with van der Waals surface area (Å²) in [5.74, 6) is -0.354. The van der Waals surface area contributed by atoms with Gasteiger partial charge in [-0.3, -0.25) is 4.31 Å². The molecule has 1 N–H and O–H groups in total. The van der Waals surface area contributed by atoms with Gasteiger partial charge in [0.25, 0.3) is 10.0 Å². The maximum atomic E-state index is 13.3. The van der Waals surface area contributed by atoms with Crippen molar-refractivity contribution < 1.29 is 17.9 Å². The molecule has 0 unspecified atom stereocenters.